The molecule has 5 rings (SSSR count). The van der Waals surface area contributed by atoms with Crippen LogP contribution in [0.3, 0.4) is 0 Å². The average Bonchev–Trinajstić information content (AvgIpc) is 2.99. The minimum Gasteiger partial charge on any atom is -0.493 e. The molecule has 3 atom stereocenters. The lowest BCUT2D eigenvalue weighted by molar-refractivity contribution is -0.189. The summed E-state index contributed by atoms with van der Waals surface area (Å²) in [6, 6.07) is 9.10. The van der Waals surface area contributed by atoms with E-state index in [2.05, 4.69) is 6.58 Å². The molecule has 3 aliphatic rings. The molecule has 2 aromatic rings. The third-order valence-electron chi connectivity index (χ3n) is 6.52. The van der Waals surface area contributed by atoms with Gasteiger partial charge in [0.1, 0.15) is 6.04 Å². The summed E-state index contributed by atoms with van der Waals surface area (Å²) in [7, 11) is 3.11. The maximum Gasteiger partial charge on any atom is 0.257 e. The Hall–Kier alpha value is -3.32. The SMILES string of the molecule is C=C1c2cc(OC)c(OC)cc2C[C@H]2N1C(=O)[C@H](C)N1C(=O)c3ccccc3[C@]21O. The number of fused-ring (bicyclic) bond motifs is 6. The molecule has 7 nitrogen and oxygen atoms in total. The Labute approximate surface area is 174 Å². The van der Waals surface area contributed by atoms with Gasteiger partial charge in [-0.1, -0.05) is 24.8 Å². The van der Waals surface area contributed by atoms with Crippen LogP contribution in [0.5, 0.6) is 11.5 Å². The summed E-state index contributed by atoms with van der Waals surface area (Å²) in [4.78, 5) is 29.3. The second-order valence-corrected chi connectivity index (χ2v) is 7.86. The van der Waals surface area contributed by atoms with Gasteiger partial charge in [-0.05, 0) is 37.1 Å². The molecular weight excluding hydrogens is 384 g/mol. The van der Waals surface area contributed by atoms with Crippen LogP contribution in [0, 0.1) is 0 Å². The second-order valence-electron chi connectivity index (χ2n) is 7.86. The van der Waals surface area contributed by atoms with E-state index in [0.717, 1.165) is 11.1 Å². The van der Waals surface area contributed by atoms with Crippen LogP contribution in [0.25, 0.3) is 5.70 Å². The van der Waals surface area contributed by atoms with Crippen LogP contribution in [-0.4, -0.2) is 53.0 Å². The number of hydrogen-bond donors (Lipinski definition) is 1. The van der Waals surface area contributed by atoms with Crippen LogP contribution in [-0.2, 0) is 16.9 Å². The zero-order valence-electron chi connectivity index (χ0n) is 17.0. The quantitative estimate of drug-likeness (QED) is 0.827. The summed E-state index contributed by atoms with van der Waals surface area (Å²) in [5.41, 5.74) is 1.40. The molecule has 0 spiro atoms. The van der Waals surface area contributed by atoms with E-state index in [0.29, 0.717) is 34.7 Å². The Morgan fingerprint density at radius 2 is 1.77 bits per heavy atom. The van der Waals surface area contributed by atoms with E-state index < -0.39 is 17.8 Å². The maximum absolute atomic E-state index is 13.3. The second kappa shape index (κ2) is 6.09. The van der Waals surface area contributed by atoms with Gasteiger partial charge in [0, 0.05) is 22.4 Å². The van der Waals surface area contributed by atoms with Crippen molar-refractivity contribution in [3.05, 3.63) is 65.2 Å². The summed E-state index contributed by atoms with van der Waals surface area (Å²) >= 11 is 0. The van der Waals surface area contributed by atoms with Crippen molar-refractivity contribution in [2.24, 2.45) is 0 Å². The molecule has 1 N–H and O–H groups in total. The van der Waals surface area contributed by atoms with E-state index in [-0.39, 0.29) is 11.8 Å². The highest BCUT2D eigenvalue weighted by Gasteiger charge is 2.63. The van der Waals surface area contributed by atoms with Crippen LogP contribution in [0.4, 0.5) is 0 Å². The molecule has 3 heterocycles. The minimum absolute atomic E-state index is 0.267. The fourth-order valence-electron chi connectivity index (χ4n) is 5.11. The first kappa shape index (κ1) is 18.7. The Morgan fingerprint density at radius 1 is 1.10 bits per heavy atom. The fraction of sp³-hybridized carbons (Fsp3) is 0.304. The number of rotatable bonds is 2. The molecule has 2 aromatic carbocycles. The number of carbonyl (C=O) groups excluding carboxylic acids is 2. The first-order valence-corrected chi connectivity index (χ1v) is 9.77. The lowest BCUT2D eigenvalue weighted by Crippen LogP contribution is -2.70. The largest absolute Gasteiger partial charge is 0.493 e. The van der Waals surface area contributed by atoms with Crippen molar-refractivity contribution in [1.82, 2.24) is 9.80 Å². The molecule has 0 aliphatic carbocycles. The standard InChI is InChI=1S/C23H22N2O5/c1-12-16-11-19(30-4)18(29-3)9-14(16)10-20-23(28)17-8-6-5-7-15(17)22(27)25(23)13(2)21(26)24(12)20/h5-9,11,13,20,28H,1,10H2,2-4H3/t13-,20+,23-/m0/s1. The zero-order chi connectivity index (χ0) is 21.4. The summed E-state index contributed by atoms with van der Waals surface area (Å²) < 4.78 is 10.8. The van der Waals surface area contributed by atoms with E-state index in [1.54, 1.807) is 56.4 Å². The van der Waals surface area contributed by atoms with Crippen molar-refractivity contribution in [2.45, 2.75) is 31.2 Å². The number of hydrogen-bond acceptors (Lipinski definition) is 5. The molecular formula is C23H22N2O5. The predicted molar refractivity (Wildman–Crippen MR) is 109 cm³/mol. The van der Waals surface area contributed by atoms with E-state index in [4.69, 9.17) is 9.47 Å². The van der Waals surface area contributed by atoms with Gasteiger partial charge >= 0.3 is 0 Å². The normalized spacial score (nSPS) is 26.7. The molecule has 0 saturated carbocycles. The van der Waals surface area contributed by atoms with Crippen molar-refractivity contribution >= 4 is 17.5 Å². The van der Waals surface area contributed by atoms with Gasteiger partial charge in [-0.3, -0.25) is 14.5 Å². The van der Waals surface area contributed by atoms with Crippen LogP contribution < -0.4 is 9.47 Å². The van der Waals surface area contributed by atoms with Gasteiger partial charge in [0.05, 0.1) is 20.3 Å². The van der Waals surface area contributed by atoms with Crippen molar-refractivity contribution < 1.29 is 24.2 Å². The molecule has 0 unspecified atom stereocenters. The Bertz CT molecular complexity index is 1130. The highest BCUT2D eigenvalue weighted by molar-refractivity contribution is 6.05. The Morgan fingerprint density at radius 3 is 2.47 bits per heavy atom. The summed E-state index contributed by atoms with van der Waals surface area (Å²) in [6.45, 7) is 5.81. The van der Waals surface area contributed by atoms with Gasteiger partial charge < -0.3 is 19.5 Å². The average molecular weight is 406 g/mol. The van der Waals surface area contributed by atoms with E-state index in [1.165, 1.54) is 4.90 Å². The van der Waals surface area contributed by atoms with Gasteiger partial charge in [0.15, 0.2) is 17.2 Å². The first-order chi connectivity index (χ1) is 14.3. The van der Waals surface area contributed by atoms with Crippen LogP contribution in [0.15, 0.2) is 43.0 Å². The number of nitrogens with zero attached hydrogens (tertiary/aromatic N) is 2. The highest BCUT2D eigenvalue weighted by atomic mass is 16.5. The summed E-state index contributed by atoms with van der Waals surface area (Å²) in [6.07, 6.45) is 0.335. The van der Waals surface area contributed by atoms with E-state index >= 15 is 0 Å². The molecule has 0 bridgehead atoms. The third kappa shape index (κ3) is 2.07. The molecule has 30 heavy (non-hydrogen) atoms. The number of methoxy groups -OCH3 is 2. The Balaban J connectivity index is 1.73. The lowest BCUT2D eigenvalue weighted by Gasteiger charge is -2.54. The van der Waals surface area contributed by atoms with Gasteiger partial charge in [0.25, 0.3) is 5.91 Å². The molecule has 0 radical (unpaired) electrons. The number of ether oxygens (including phenoxy) is 2. The van der Waals surface area contributed by atoms with Crippen molar-refractivity contribution in [3.8, 4) is 11.5 Å². The van der Waals surface area contributed by atoms with E-state index in [9.17, 15) is 14.7 Å². The zero-order valence-corrected chi connectivity index (χ0v) is 17.0. The van der Waals surface area contributed by atoms with Gasteiger partial charge in [0.2, 0.25) is 5.91 Å². The molecule has 7 heteroatoms. The highest BCUT2D eigenvalue weighted by Crippen LogP contribution is 2.51. The smallest absolute Gasteiger partial charge is 0.257 e. The molecule has 1 saturated heterocycles. The van der Waals surface area contributed by atoms with Crippen molar-refractivity contribution in [2.75, 3.05) is 14.2 Å². The Kier molecular flexibility index (Phi) is 3.79. The van der Waals surface area contributed by atoms with Gasteiger partial charge in [-0.15, -0.1) is 0 Å². The van der Waals surface area contributed by atoms with Crippen LogP contribution in [0.2, 0.25) is 0 Å². The molecule has 0 aromatic heterocycles. The molecule has 154 valence electrons. The number of carbonyl (C=O) groups is 2. The molecule has 1 fully saturated rings. The number of aliphatic hydroxyl groups is 1. The molecule has 3 aliphatic heterocycles. The summed E-state index contributed by atoms with van der Waals surface area (Å²) in [5.74, 6) is 0.489. The van der Waals surface area contributed by atoms with Crippen molar-refractivity contribution in [1.29, 1.82) is 0 Å². The first-order valence-electron chi connectivity index (χ1n) is 9.77. The van der Waals surface area contributed by atoms with Gasteiger partial charge in [-0.25, -0.2) is 0 Å². The lowest BCUT2D eigenvalue weighted by atomic mass is 9.80. The van der Waals surface area contributed by atoms with Crippen LogP contribution in [0.1, 0.15) is 34.0 Å². The topological polar surface area (TPSA) is 79.3 Å². The monoisotopic (exact) mass is 406 g/mol. The third-order valence-corrected chi connectivity index (χ3v) is 6.52. The van der Waals surface area contributed by atoms with Gasteiger partial charge in [-0.2, -0.15) is 0 Å². The van der Waals surface area contributed by atoms with Crippen LogP contribution >= 0.6 is 0 Å². The molecule has 2 amide bonds. The maximum atomic E-state index is 13.3. The van der Waals surface area contributed by atoms with E-state index in [1.807, 2.05) is 6.07 Å². The number of piperazine rings is 1. The fourth-order valence-corrected chi connectivity index (χ4v) is 5.11. The summed E-state index contributed by atoms with van der Waals surface area (Å²) in [5, 5.41) is 12.0. The predicted octanol–water partition coefficient (Wildman–Crippen LogP) is 2.13. The number of amides is 2. The minimum atomic E-state index is -1.64. The van der Waals surface area contributed by atoms with Crippen molar-refractivity contribution in [3.63, 3.8) is 0 Å². The number of benzene rings is 2.